The summed E-state index contributed by atoms with van der Waals surface area (Å²) in [7, 11) is 0. The maximum absolute atomic E-state index is 12.4. The molecule has 1 heterocycles. The number of hydrogen-bond acceptors (Lipinski definition) is 3. The minimum atomic E-state index is -0.362. The van der Waals surface area contributed by atoms with Gasteiger partial charge in [-0.15, -0.1) is 0 Å². The lowest BCUT2D eigenvalue weighted by atomic mass is 10.0. The minimum absolute atomic E-state index is 0.0641. The molecule has 0 aliphatic carbocycles. The zero-order valence-electron chi connectivity index (χ0n) is 15.2. The van der Waals surface area contributed by atoms with Crippen molar-refractivity contribution in [1.82, 2.24) is 10.2 Å². The van der Waals surface area contributed by atoms with Gasteiger partial charge in [0.2, 0.25) is 0 Å². The molecule has 1 aromatic rings. The predicted octanol–water partition coefficient (Wildman–Crippen LogP) is 3.19. The Morgan fingerprint density at radius 2 is 1.96 bits per heavy atom. The summed E-state index contributed by atoms with van der Waals surface area (Å²) in [4.78, 5) is 14.1. The van der Waals surface area contributed by atoms with Crippen LogP contribution >= 0.6 is 0 Å². The summed E-state index contributed by atoms with van der Waals surface area (Å²) in [6.45, 7) is 10.0. The zero-order chi connectivity index (χ0) is 17.7. The third kappa shape index (κ3) is 5.13. The van der Waals surface area contributed by atoms with Crippen molar-refractivity contribution in [2.45, 2.75) is 46.3 Å². The van der Waals surface area contributed by atoms with Crippen LogP contribution in [0.1, 0.15) is 45.7 Å². The fraction of sp³-hybridized carbons (Fsp3) is 0.632. The van der Waals surface area contributed by atoms with Crippen LogP contribution in [0.15, 0.2) is 24.3 Å². The van der Waals surface area contributed by atoms with Gasteiger partial charge in [-0.05, 0) is 43.9 Å². The van der Waals surface area contributed by atoms with Crippen molar-refractivity contribution in [2.75, 3.05) is 19.7 Å². The maximum atomic E-state index is 12.4. The first-order valence-corrected chi connectivity index (χ1v) is 8.83. The molecule has 0 unspecified atom stereocenters. The number of carbonyl (C=O) groups is 1. The lowest BCUT2D eigenvalue weighted by molar-refractivity contribution is 0.129. The SMILES string of the molecule is CC(C)COc1ccc([C@H](C)NC(=O)N2CC[C@H]([C@H](C)O)C2)cc1. The van der Waals surface area contributed by atoms with Crippen LogP contribution in [0, 0.1) is 11.8 Å². The van der Waals surface area contributed by atoms with E-state index in [0.717, 1.165) is 17.7 Å². The highest BCUT2D eigenvalue weighted by molar-refractivity contribution is 5.75. The fourth-order valence-corrected chi connectivity index (χ4v) is 2.84. The number of ether oxygens (including phenoxy) is 1. The van der Waals surface area contributed by atoms with E-state index in [0.29, 0.717) is 25.6 Å². The van der Waals surface area contributed by atoms with Crippen molar-refractivity contribution in [2.24, 2.45) is 11.8 Å². The van der Waals surface area contributed by atoms with Gasteiger partial charge in [-0.3, -0.25) is 0 Å². The van der Waals surface area contributed by atoms with Gasteiger partial charge in [-0.25, -0.2) is 4.79 Å². The highest BCUT2D eigenvalue weighted by Crippen LogP contribution is 2.22. The van der Waals surface area contributed by atoms with Crippen LogP contribution in [0.2, 0.25) is 0 Å². The van der Waals surface area contributed by atoms with Gasteiger partial charge in [-0.1, -0.05) is 26.0 Å². The molecule has 1 fully saturated rings. The molecule has 0 spiro atoms. The van der Waals surface area contributed by atoms with Gasteiger partial charge in [0.1, 0.15) is 5.75 Å². The average molecular weight is 334 g/mol. The van der Waals surface area contributed by atoms with Gasteiger partial charge in [0, 0.05) is 19.0 Å². The Labute approximate surface area is 145 Å². The van der Waals surface area contributed by atoms with E-state index in [9.17, 15) is 9.90 Å². The molecule has 2 N–H and O–H groups in total. The Morgan fingerprint density at radius 3 is 2.50 bits per heavy atom. The first kappa shape index (κ1) is 18.6. The van der Waals surface area contributed by atoms with E-state index in [1.165, 1.54) is 0 Å². The number of aliphatic hydroxyl groups excluding tert-OH is 1. The summed E-state index contributed by atoms with van der Waals surface area (Å²) in [5, 5.41) is 12.7. The number of benzene rings is 1. The smallest absolute Gasteiger partial charge is 0.317 e. The van der Waals surface area contributed by atoms with E-state index in [-0.39, 0.29) is 24.1 Å². The van der Waals surface area contributed by atoms with Gasteiger partial charge in [0.15, 0.2) is 0 Å². The Hall–Kier alpha value is -1.75. The van der Waals surface area contributed by atoms with E-state index in [2.05, 4.69) is 19.2 Å². The molecule has 24 heavy (non-hydrogen) atoms. The molecule has 2 rings (SSSR count). The quantitative estimate of drug-likeness (QED) is 0.840. The Bertz CT molecular complexity index is 528. The molecular formula is C19H30N2O3. The van der Waals surface area contributed by atoms with Gasteiger partial charge < -0.3 is 20.1 Å². The van der Waals surface area contributed by atoms with E-state index < -0.39 is 0 Å². The van der Waals surface area contributed by atoms with Crippen molar-refractivity contribution in [3.8, 4) is 5.75 Å². The number of amides is 2. The molecule has 1 aromatic carbocycles. The predicted molar refractivity (Wildman–Crippen MR) is 95.1 cm³/mol. The van der Waals surface area contributed by atoms with Crippen molar-refractivity contribution < 1.29 is 14.6 Å². The lowest BCUT2D eigenvalue weighted by Gasteiger charge is -2.22. The van der Waals surface area contributed by atoms with Crippen LogP contribution in [0.5, 0.6) is 5.75 Å². The molecule has 1 aliphatic rings. The summed E-state index contributed by atoms with van der Waals surface area (Å²) in [5.41, 5.74) is 1.05. The average Bonchev–Trinajstić information content (AvgIpc) is 3.03. The normalized spacial score (nSPS) is 20.1. The number of likely N-dealkylation sites (tertiary alicyclic amines) is 1. The Morgan fingerprint density at radius 1 is 1.29 bits per heavy atom. The second kappa shape index (κ2) is 8.38. The molecule has 2 amide bonds. The molecule has 5 heteroatoms. The third-order valence-corrected chi connectivity index (χ3v) is 4.50. The molecule has 1 aliphatic heterocycles. The van der Waals surface area contributed by atoms with Crippen LogP contribution < -0.4 is 10.1 Å². The van der Waals surface area contributed by atoms with Crippen molar-refractivity contribution in [3.05, 3.63) is 29.8 Å². The molecule has 1 saturated heterocycles. The molecule has 0 saturated carbocycles. The molecule has 5 nitrogen and oxygen atoms in total. The van der Waals surface area contributed by atoms with Gasteiger partial charge in [0.25, 0.3) is 0 Å². The second-order valence-electron chi connectivity index (χ2n) is 7.18. The second-order valence-corrected chi connectivity index (χ2v) is 7.18. The van der Waals surface area contributed by atoms with Crippen molar-refractivity contribution in [1.29, 1.82) is 0 Å². The van der Waals surface area contributed by atoms with Crippen LogP contribution in [0.4, 0.5) is 4.79 Å². The van der Waals surface area contributed by atoms with Crippen LogP contribution in [-0.2, 0) is 0 Å². The summed E-state index contributed by atoms with van der Waals surface area (Å²) in [6, 6.07) is 7.74. The Kier molecular flexibility index (Phi) is 6.49. The topological polar surface area (TPSA) is 61.8 Å². The number of aliphatic hydroxyl groups is 1. The standard InChI is InChI=1S/C19H30N2O3/c1-13(2)12-24-18-7-5-16(6-8-18)14(3)20-19(23)21-10-9-17(11-21)15(4)22/h5-8,13-15,17,22H,9-12H2,1-4H3,(H,20,23)/t14-,15-,17-/m0/s1. The van der Waals surface area contributed by atoms with Crippen LogP contribution in [-0.4, -0.2) is 41.8 Å². The first-order valence-electron chi connectivity index (χ1n) is 8.83. The van der Waals surface area contributed by atoms with Crippen LogP contribution in [0.25, 0.3) is 0 Å². The van der Waals surface area contributed by atoms with Gasteiger partial charge in [0.05, 0.1) is 18.8 Å². The summed E-state index contributed by atoms with van der Waals surface area (Å²) in [5.74, 6) is 1.53. The molecule has 3 atom stereocenters. The molecule has 134 valence electrons. The third-order valence-electron chi connectivity index (χ3n) is 4.50. The fourth-order valence-electron chi connectivity index (χ4n) is 2.84. The molecule has 0 aromatic heterocycles. The Balaban J connectivity index is 1.85. The number of carbonyl (C=O) groups excluding carboxylic acids is 1. The summed E-state index contributed by atoms with van der Waals surface area (Å²) in [6.07, 6.45) is 0.500. The molecule has 0 radical (unpaired) electrons. The minimum Gasteiger partial charge on any atom is -0.493 e. The number of urea groups is 1. The van der Waals surface area contributed by atoms with Gasteiger partial charge >= 0.3 is 6.03 Å². The highest BCUT2D eigenvalue weighted by atomic mass is 16.5. The number of rotatable bonds is 6. The summed E-state index contributed by atoms with van der Waals surface area (Å²) < 4.78 is 5.68. The van der Waals surface area contributed by atoms with Crippen molar-refractivity contribution in [3.63, 3.8) is 0 Å². The van der Waals surface area contributed by atoms with Crippen LogP contribution in [0.3, 0.4) is 0 Å². The number of hydrogen-bond donors (Lipinski definition) is 2. The number of nitrogens with zero attached hydrogens (tertiary/aromatic N) is 1. The lowest BCUT2D eigenvalue weighted by Crippen LogP contribution is -2.40. The zero-order valence-corrected chi connectivity index (χ0v) is 15.2. The van der Waals surface area contributed by atoms with E-state index in [1.807, 2.05) is 31.2 Å². The highest BCUT2D eigenvalue weighted by Gasteiger charge is 2.29. The van der Waals surface area contributed by atoms with Crippen molar-refractivity contribution >= 4 is 6.03 Å². The monoisotopic (exact) mass is 334 g/mol. The van der Waals surface area contributed by atoms with E-state index in [4.69, 9.17) is 4.74 Å². The largest absolute Gasteiger partial charge is 0.493 e. The molecule has 0 bridgehead atoms. The first-order chi connectivity index (χ1) is 11.4. The van der Waals surface area contributed by atoms with Gasteiger partial charge in [-0.2, -0.15) is 0 Å². The summed E-state index contributed by atoms with van der Waals surface area (Å²) >= 11 is 0. The van der Waals surface area contributed by atoms with E-state index >= 15 is 0 Å². The number of nitrogens with one attached hydrogen (secondary N) is 1. The molecular weight excluding hydrogens is 304 g/mol. The van der Waals surface area contributed by atoms with E-state index in [1.54, 1.807) is 11.8 Å². The maximum Gasteiger partial charge on any atom is 0.317 e.